The minimum absolute atomic E-state index is 0.128. The van der Waals surface area contributed by atoms with Crippen LogP contribution in [0.3, 0.4) is 0 Å². The number of nitrogens with zero attached hydrogens (tertiary/aromatic N) is 2. The molecule has 2 aromatic rings. The molecule has 0 unspecified atom stereocenters. The fraction of sp³-hybridized carbons (Fsp3) is 0.143. The van der Waals surface area contributed by atoms with Crippen molar-refractivity contribution in [1.29, 1.82) is 0 Å². The molecule has 1 aliphatic heterocycles. The maximum absolute atomic E-state index is 12.0. The van der Waals surface area contributed by atoms with Crippen LogP contribution in [0.15, 0.2) is 40.2 Å². The number of carbonyl (C=O) groups excluding carboxylic acids is 1. The molecule has 0 spiro atoms. The zero-order valence-electron chi connectivity index (χ0n) is 11.2. The Hall–Kier alpha value is -2.48. The Morgan fingerprint density at radius 3 is 2.95 bits per heavy atom. The van der Waals surface area contributed by atoms with Crippen molar-refractivity contribution < 1.29 is 14.7 Å². The van der Waals surface area contributed by atoms with Crippen LogP contribution in [0.25, 0.3) is 0 Å². The van der Waals surface area contributed by atoms with Crippen LogP contribution in [0.5, 0.6) is 0 Å². The van der Waals surface area contributed by atoms with Gasteiger partial charge < -0.3 is 15.4 Å². The van der Waals surface area contributed by atoms with E-state index in [0.29, 0.717) is 16.9 Å². The summed E-state index contributed by atoms with van der Waals surface area (Å²) >= 11 is 3.33. The molecule has 0 saturated carbocycles. The van der Waals surface area contributed by atoms with E-state index in [1.807, 2.05) is 0 Å². The van der Waals surface area contributed by atoms with E-state index in [0.717, 1.165) is 4.47 Å². The first-order valence-corrected chi connectivity index (χ1v) is 7.23. The molecule has 0 radical (unpaired) electrons. The average Bonchev–Trinajstić information content (AvgIpc) is 3.07. The largest absolute Gasteiger partial charge is 0.480 e. The van der Waals surface area contributed by atoms with E-state index < -0.39 is 17.9 Å². The van der Waals surface area contributed by atoms with Crippen molar-refractivity contribution in [3.63, 3.8) is 0 Å². The number of imidazole rings is 1. The SMILES string of the molecule is O=C1Nc2ccc(Br)cc2C1=N[C@@H](Cc1cnc[nH]1)C(=O)O. The Morgan fingerprint density at radius 2 is 2.27 bits per heavy atom. The van der Waals surface area contributed by atoms with Crippen molar-refractivity contribution in [3.8, 4) is 0 Å². The lowest BCUT2D eigenvalue weighted by atomic mass is 10.1. The van der Waals surface area contributed by atoms with E-state index in [1.165, 1.54) is 12.5 Å². The van der Waals surface area contributed by atoms with E-state index in [2.05, 4.69) is 36.2 Å². The first kappa shape index (κ1) is 14.5. The van der Waals surface area contributed by atoms with E-state index in [9.17, 15) is 14.7 Å². The zero-order valence-corrected chi connectivity index (χ0v) is 12.8. The Balaban J connectivity index is 1.97. The summed E-state index contributed by atoms with van der Waals surface area (Å²) in [5.41, 5.74) is 1.99. The number of H-pyrrole nitrogens is 1. The van der Waals surface area contributed by atoms with Crippen molar-refractivity contribution in [2.24, 2.45) is 4.99 Å². The highest BCUT2D eigenvalue weighted by atomic mass is 79.9. The fourth-order valence-electron chi connectivity index (χ4n) is 2.20. The third-order valence-corrected chi connectivity index (χ3v) is 3.73. The van der Waals surface area contributed by atoms with Crippen LogP contribution in [-0.2, 0) is 16.0 Å². The molecule has 1 aliphatic rings. The summed E-state index contributed by atoms with van der Waals surface area (Å²) in [6.45, 7) is 0. The number of benzene rings is 1. The van der Waals surface area contributed by atoms with Crippen LogP contribution < -0.4 is 5.32 Å². The van der Waals surface area contributed by atoms with Crippen LogP contribution in [0.1, 0.15) is 11.3 Å². The maximum atomic E-state index is 12.0. The van der Waals surface area contributed by atoms with Gasteiger partial charge in [0.2, 0.25) is 0 Å². The molecular formula is C14H11BrN4O3. The number of hydrogen-bond acceptors (Lipinski definition) is 4. The lowest BCUT2D eigenvalue weighted by Gasteiger charge is -2.07. The van der Waals surface area contributed by atoms with Gasteiger partial charge in [-0.1, -0.05) is 15.9 Å². The highest BCUT2D eigenvalue weighted by Crippen LogP contribution is 2.27. The Labute approximate surface area is 133 Å². The number of aromatic nitrogens is 2. The van der Waals surface area contributed by atoms with Crippen molar-refractivity contribution in [2.45, 2.75) is 12.5 Å². The van der Waals surface area contributed by atoms with Gasteiger partial charge in [-0.15, -0.1) is 0 Å². The van der Waals surface area contributed by atoms with E-state index >= 15 is 0 Å². The number of nitrogens with one attached hydrogen (secondary N) is 2. The summed E-state index contributed by atoms with van der Waals surface area (Å²) in [5, 5.41) is 12.0. The summed E-state index contributed by atoms with van der Waals surface area (Å²) in [5.74, 6) is -1.50. The fourth-order valence-corrected chi connectivity index (χ4v) is 2.56. The molecule has 1 aromatic heterocycles. The molecule has 22 heavy (non-hydrogen) atoms. The second kappa shape index (κ2) is 5.72. The van der Waals surface area contributed by atoms with Crippen LogP contribution in [0.2, 0.25) is 0 Å². The van der Waals surface area contributed by atoms with Crippen LogP contribution in [-0.4, -0.2) is 38.7 Å². The number of carbonyl (C=O) groups is 2. The first-order chi connectivity index (χ1) is 10.5. The topological polar surface area (TPSA) is 107 Å². The number of aliphatic carboxylic acids is 1. The summed E-state index contributed by atoms with van der Waals surface area (Å²) < 4.78 is 0.788. The molecule has 0 fully saturated rings. The predicted octanol–water partition coefficient (Wildman–Crippen LogP) is 1.61. The van der Waals surface area contributed by atoms with Crippen molar-refractivity contribution in [3.05, 3.63) is 46.5 Å². The molecule has 3 rings (SSSR count). The van der Waals surface area contributed by atoms with Crippen LogP contribution in [0, 0.1) is 0 Å². The van der Waals surface area contributed by atoms with Crippen molar-refractivity contribution in [1.82, 2.24) is 9.97 Å². The van der Waals surface area contributed by atoms with Crippen LogP contribution in [0.4, 0.5) is 5.69 Å². The van der Waals surface area contributed by atoms with E-state index in [4.69, 9.17) is 0 Å². The maximum Gasteiger partial charge on any atom is 0.328 e. The number of carboxylic acids is 1. The Morgan fingerprint density at radius 1 is 1.45 bits per heavy atom. The van der Waals surface area contributed by atoms with Gasteiger partial charge in [0.15, 0.2) is 6.04 Å². The molecule has 0 bridgehead atoms. The lowest BCUT2D eigenvalue weighted by Crippen LogP contribution is -2.25. The zero-order chi connectivity index (χ0) is 15.7. The number of amides is 1. The second-order valence-corrected chi connectivity index (χ2v) is 5.67. The minimum Gasteiger partial charge on any atom is -0.480 e. The van der Waals surface area contributed by atoms with Gasteiger partial charge in [-0.05, 0) is 18.2 Å². The van der Waals surface area contributed by atoms with Gasteiger partial charge in [-0.2, -0.15) is 0 Å². The number of rotatable bonds is 4. The number of aliphatic imine (C=N–C) groups is 1. The molecule has 112 valence electrons. The lowest BCUT2D eigenvalue weighted by molar-refractivity contribution is -0.138. The number of fused-ring (bicyclic) bond motifs is 1. The molecular weight excluding hydrogens is 352 g/mol. The number of aromatic amines is 1. The molecule has 7 nitrogen and oxygen atoms in total. The highest BCUT2D eigenvalue weighted by Gasteiger charge is 2.29. The van der Waals surface area contributed by atoms with Crippen molar-refractivity contribution in [2.75, 3.05) is 5.32 Å². The monoisotopic (exact) mass is 362 g/mol. The summed E-state index contributed by atoms with van der Waals surface area (Å²) in [4.78, 5) is 34.3. The summed E-state index contributed by atoms with van der Waals surface area (Å²) in [6.07, 6.45) is 3.14. The summed E-state index contributed by atoms with van der Waals surface area (Å²) in [7, 11) is 0. The molecule has 2 heterocycles. The number of anilines is 1. The smallest absolute Gasteiger partial charge is 0.328 e. The molecule has 0 aliphatic carbocycles. The van der Waals surface area contributed by atoms with Crippen molar-refractivity contribution >= 4 is 39.2 Å². The summed E-state index contributed by atoms with van der Waals surface area (Å²) in [6, 6.07) is 4.21. The van der Waals surface area contributed by atoms with Gasteiger partial charge in [0.05, 0.1) is 12.0 Å². The predicted molar refractivity (Wildman–Crippen MR) is 83.0 cm³/mol. The second-order valence-electron chi connectivity index (χ2n) is 4.76. The van der Waals surface area contributed by atoms with Gasteiger partial charge in [-0.25, -0.2) is 9.78 Å². The van der Waals surface area contributed by atoms with Gasteiger partial charge in [0.25, 0.3) is 5.91 Å². The number of carboxylic acid groups (broad SMARTS) is 1. The van der Waals surface area contributed by atoms with E-state index in [1.54, 1.807) is 18.2 Å². The quantitative estimate of drug-likeness (QED) is 0.767. The normalized spacial score (nSPS) is 16.4. The van der Waals surface area contributed by atoms with Crippen LogP contribution >= 0.6 is 15.9 Å². The average molecular weight is 363 g/mol. The third kappa shape index (κ3) is 2.77. The molecule has 8 heteroatoms. The van der Waals surface area contributed by atoms with Gasteiger partial charge in [0.1, 0.15) is 5.71 Å². The third-order valence-electron chi connectivity index (χ3n) is 3.24. The number of halogens is 1. The first-order valence-electron chi connectivity index (χ1n) is 6.43. The standard InChI is InChI=1S/C14H11BrN4O3/c15-7-1-2-10-9(3-7)12(13(20)19-10)18-11(14(21)22)4-8-5-16-6-17-8/h1-3,5-6,11H,4H2,(H,16,17)(H,21,22)(H,18,19,20)/t11-/m0/s1. The Kier molecular flexibility index (Phi) is 3.76. The Bertz CT molecular complexity index is 770. The minimum atomic E-state index is -1.10. The highest BCUT2D eigenvalue weighted by molar-refractivity contribution is 9.10. The molecule has 1 amide bonds. The molecule has 3 N–H and O–H groups in total. The van der Waals surface area contributed by atoms with Gasteiger partial charge in [-0.3, -0.25) is 9.79 Å². The molecule has 1 atom stereocenters. The van der Waals surface area contributed by atoms with Gasteiger partial charge >= 0.3 is 5.97 Å². The number of hydrogen-bond donors (Lipinski definition) is 3. The molecule has 1 aromatic carbocycles. The van der Waals surface area contributed by atoms with Gasteiger partial charge in [0, 0.05) is 28.3 Å². The molecule has 0 saturated heterocycles. The van der Waals surface area contributed by atoms with E-state index in [-0.39, 0.29) is 12.1 Å².